The maximum Gasteiger partial charge on any atom is 0.338 e. The van der Waals surface area contributed by atoms with Crippen LogP contribution in [0.15, 0.2) is 53.4 Å². The lowest BCUT2D eigenvalue weighted by Crippen LogP contribution is -2.21. The second-order valence-corrected chi connectivity index (χ2v) is 5.98. The number of carbonyl (C=O) groups is 2. The summed E-state index contributed by atoms with van der Waals surface area (Å²) in [4.78, 5) is 27.0. The zero-order valence-electron chi connectivity index (χ0n) is 13.3. The molecule has 1 aromatic carbocycles. The predicted octanol–water partition coefficient (Wildman–Crippen LogP) is 3.66. The van der Waals surface area contributed by atoms with Crippen molar-refractivity contribution in [2.45, 2.75) is 0 Å². The number of carboxylic acid groups (broad SMARTS) is 1. The Morgan fingerprint density at radius 3 is 2.50 bits per heavy atom. The SMILES string of the molecule is O=C(COc1ccc(-c2ccc(F)cc2)cn1)Nc1cscc1C(=O)O. The molecule has 2 heterocycles. The summed E-state index contributed by atoms with van der Waals surface area (Å²) in [6.07, 6.45) is 1.56. The van der Waals surface area contributed by atoms with Crippen LogP contribution in [0, 0.1) is 5.82 Å². The van der Waals surface area contributed by atoms with Gasteiger partial charge in [-0.1, -0.05) is 12.1 Å². The fraction of sp³-hybridized carbons (Fsp3) is 0.0556. The van der Waals surface area contributed by atoms with Gasteiger partial charge in [0.2, 0.25) is 5.88 Å². The molecular formula is C18H13FN2O4S. The molecule has 8 heteroatoms. The molecule has 0 spiro atoms. The van der Waals surface area contributed by atoms with E-state index in [-0.39, 0.29) is 29.6 Å². The summed E-state index contributed by atoms with van der Waals surface area (Å²) in [6, 6.07) is 9.34. The van der Waals surface area contributed by atoms with E-state index in [0.29, 0.717) is 0 Å². The van der Waals surface area contributed by atoms with E-state index in [1.165, 1.54) is 34.2 Å². The second kappa shape index (κ2) is 7.75. The molecule has 26 heavy (non-hydrogen) atoms. The molecule has 2 N–H and O–H groups in total. The van der Waals surface area contributed by atoms with Gasteiger partial charge in [0, 0.05) is 28.6 Å². The maximum atomic E-state index is 12.9. The van der Waals surface area contributed by atoms with Crippen LogP contribution in [0.5, 0.6) is 5.88 Å². The van der Waals surface area contributed by atoms with E-state index in [4.69, 9.17) is 9.84 Å². The van der Waals surface area contributed by atoms with Crippen molar-refractivity contribution >= 4 is 28.9 Å². The molecule has 1 amide bonds. The molecule has 3 aromatic rings. The molecule has 6 nitrogen and oxygen atoms in total. The number of carboxylic acids is 1. The normalized spacial score (nSPS) is 10.3. The van der Waals surface area contributed by atoms with Crippen molar-refractivity contribution in [2.75, 3.05) is 11.9 Å². The average molecular weight is 372 g/mol. The van der Waals surface area contributed by atoms with E-state index in [9.17, 15) is 14.0 Å². The van der Waals surface area contributed by atoms with Crippen LogP contribution in [0.1, 0.15) is 10.4 Å². The van der Waals surface area contributed by atoms with Crippen LogP contribution in [0.3, 0.4) is 0 Å². The third-order valence-electron chi connectivity index (χ3n) is 3.43. The number of rotatable bonds is 6. The van der Waals surface area contributed by atoms with E-state index in [0.717, 1.165) is 11.1 Å². The summed E-state index contributed by atoms with van der Waals surface area (Å²) in [5.41, 5.74) is 1.86. The van der Waals surface area contributed by atoms with Gasteiger partial charge >= 0.3 is 5.97 Å². The van der Waals surface area contributed by atoms with Crippen molar-refractivity contribution in [2.24, 2.45) is 0 Å². The Labute approximate surface area is 151 Å². The maximum absolute atomic E-state index is 12.9. The largest absolute Gasteiger partial charge is 0.478 e. The first kappa shape index (κ1) is 17.6. The topological polar surface area (TPSA) is 88.5 Å². The number of halogens is 1. The van der Waals surface area contributed by atoms with E-state index < -0.39 is 11.9 Å². The van der Waals surface area contributed by atoms with Crippen LogP contribution in [0.4, 0.5) is 10.1 Å². The standard InChI is InChI=1S/C18H13FN2O4S/c19-13-4-1-11(2-5-13)12-3-6-17(20-7-12)25-8-16(22)21-15-10-26-9-14(15)18(23)24/h1-7,9-10H,8H2,(H,21,22)(H,23,24). The summed E-state index contributed by atoms with van der Waals surface area (Å²) >= 11 is 1.18. The number of nitrogens with one attached hydrogen (secondary N) is 1. The number of benzene rings is 1. The highest BCUT2D eigenvalue weighted by atomic mass is 32.1. The number of nitrogens with zero attached hydrogens (tertiary/aromatic N) is 1. The van der Waals surface area contributed by atoms with Gasteiger partial charge in [-0.05, 0) is 23.8 Å². The van der Waals surface area contributed by atoms with Crippen molar-refractivity contribution in [3.8, 4) is 17.0 Å². The fourth-order valence-corrected chi connectivity index (χ4v) is 2.92. The Morgan fingerprint density at radius 2 is 1.85 bits per heavy atom. The Balaban J connectivity index is 1.57. The van der Waals surface area contributed by atoms with Crippen molar-refractivity contribution in [3.63, 3.8) is 0 Å². The lowest BCUT2D eigenvalue weighted by atomic mass is 10.1. The first-order valence-electron chi connectivity index (χ1n) is 7.47. The molecule has 0 unspecified atom stereocenters. The van der Waals surface area contributed by atoms with Gasteiger partial charge in [-0.15, -0.1) is 11.3 Å². The monoisotopic (exact) mass is 372 g/mol. The average Bonchev–Trinajstić information content (AvgIpc) is 3.09. The third kappa shape index (κ3) is 4.22. The molecule has 0 aliphatic heterocycles. The van der Waals surface area contributed by atoms with Gasteiger partial charge in [0.05, 0.1) is 11.3 Å². The number of pyridine rings is 1. The number of carbonyl (C=O) groups excluding carboxylic acids is 1. The lowest BCUT2D eigenvalue weighted by Gasteiger charge is -2.07. The molecule has 0 bridgehead atoms. The molecule has 3 rings (SSSR count). The molecule has 0 atom stereocenters. The minimum absolute atomic E-state index is 0.0325. The van der Waals surface area contributed by atoms with Gasteiger partial charge in [-0.2, -0.15) is 0 Å². The van der Waals surface area contributed by atoms with E-state index in [1.807, 2.05) is 0 Å². The van der Waals surface area contributed by atoms with Gasteiger partial charge in [0.15, 0.2) is 6.61 Å². The minimum atomic E-state index is -1.11. The smallest absolute Gasteiger partial charge is 0.338 e. The number of aromatic carboxylic acids is 1. The first-order valence-corrected chi connectivity index (χ1v) is 8.41. The molecule has 0 radical (unpaired) electrons. The Morgan fingerprint density at radius 1 is 1.12 bits per heavy atom. The van der Waals surface area contributed by atoms with Crippen molar-refractivity contribution < 1.29 is 23.8 Å². The Bertz CT molecular complexity index is 923. The zero-order valence-corrected chi connectivity index (χ0v) is 14.1. The summed E-state index contributed by atoms with van der Waals surface area (Å²) < 4.78 is 18.2. The fourth-order valence-electron chi connectivity index (χ4n) is 2.16. The summed E-state index contributed by atoms with van der Waals surface area (Å²) in [6.45, 7) is -0.308. The number of hydrogen-bond acceptors (Lipinski definition) is 5. The molecule has 0 aliphatic carbocycles. The van der Waals surface area contributed by atoms with E-state index in [1.54, 1.807) is 30.5 Å². The highest BCUT2D eigenvalue weighted by molar-refractivity contribution is 7.08. The summed E-state index contributed by atoms with van der Waals surface area (Å²) in [5.74, 6) is -1.67. The van der Waals surface area contributed by atoms with Crippen LogP contribution in [0.2, 0.25) is 0 Å². The molecule has 0 saturated heterocycles. The van der Waals surface area contributed by atoms with Crippen molar-refractivity contribution in [3.05, 3.63) is 64.7 Å². The Hall–Kier alpha value is -3.26. The second-order valence-electron chi connectivity index (χ2n) is 5.23. The van der Waals surface area contributed by atoms with Crippen molar-refractivity contribution in [1.29, 1.82) is 0 Å². The van der Waals surface area contributed by atoms with Gasteiger partial charge < -0.3 is 15.2 Å². The van der Waals surface area contributed by atoms with Gasteiger partial charge in [0.1, 0.15) is 5.82 Å². The highest BCUT2D eigenvalue weighted by Crippen LogP contribution is 2.22. The number of aromatic nitrogens is 1. The number of amides is 1. The van der Waals surface area contributed by atoms with Crippen LogP contribution in [-0.2, 0) is 4.79 Å². The number of ether oxygens (including phenoxy) is 1. The van der Waals surface area contributed by atoms with Crippen LogP contribution in [0.25, 0.3) is 11.1 Å². The number of hydrogen-bond donors (Lipinski definition) is 2. The number of anilines is 1. The lowest BCUT2D eigenvalue weighted by molar-refractivity contribution is -0.118. The zero-order chi connectivity index (χ0) is 18.5. The van der Waals surface area contributed by atoms with Crippen molar-refractivity contribution in [1.82, 2.24) is 4.98 Å². The summed E-state index contributed by atoms with van der Waals surface area (Å²) in [7, 11) is 0. The number of thiophene rings is 1. The Kier molecular flexibility index (Phi) is 5.23. The molecule has 0 fully saturated rings. The molecular weight excluding hydrogens is 359 g/mol. The molecule has 0 aliphatic rings. The van der Waals surface area contributed by atoms with E-state index >= 15 is 0 Å². The molecule has 132 valence electrons. The quantitative estimate of drug-likeness (QED) is 0.689. The molecule has 0 saturated carbocycles. The van der Waals surface area contributed by atoms with Crippen LogP contribution in [-0.4, -0.2) is 28.6 Å². The van der Waals surface area contributed by atoms with E-state index in [2.05, 4.69) is 10.3 Å². The third-order valence-corrected chi connectivity index (χ3v) is 4.18. The highest BCUT2D eigenvalue weighted by Gasteiger charge is 2.14. The van der Waals surface area contributed by atoms with Crippen LogP contribution >= 0.6 is 11.3 Å². The minimum Gasteiger partial charge on any atom is -0.478 e. The first-order chi connectivity index (χ1) is 12.5. The molecule has 2 aromatic heterocycles. The van der Waals surface area contributed by atoms with Crippen LogP contribution < -0.4 is 10.1 Å². The summed E-state index contributed by atoms with van der Waals surface area (Å²) in [5, 5.41) is 14.5. The van der Waals surface area contributed by atoms with Gasteiger partial charge in [-0.25, -0.2) is 14.2 Å². The van der Waals surface area contributed by atoms with Gasteiger partial charge in [-0.3, -0.25) is 4.79 Å². The van der Waals surface area contributed by atoms with Gasteiger partial charge in [0.25, 0.3) is 5.91 Å². The predicted molar refractivity (Wildman–Crippen MR) is 95.0 cm³/mol.